The molecule has 1 N–H and O–H groups in total. The Hall–Kier alpha value is -1.02. The number of ether oxygens (including phenoxy) is 1. The number of aliphatic hydroxyl groups excluding tert-OH is 1. The van der Waals surface area contributed by atoms with Gasteiger partial charge < -0.3 is 9.84 Å². The second kappa shape index (κ2) is 5.76. The van der Waals surface area contributed by atoms with E-state index < -0.39 is 0 Å². The molecule has 2 nitrogen and oxygen atoms in total. The van der Waals surface area contributed by atoms with Crippen LogP contribution < -0.4 is 4.74 Å². The van der Waals surface area contributed by atoms with Crippen molar-refractivity contribution in [2.45, 2.75) is 26.7 Å². The lowest BCUT2D eigenvalue weighted by Crippen LogP contribution is -2.12. The van der Waals surface area contributed by atoms with Crippen LogP contribution in [0, 0.1) is 5.92 Å². The predicted molar refractivity (Wildman–Crippen MR) is 62.3 cm³/mol. The molecule has 0 bridgehead atoms. The fraction of sp³-hybridized carbons (Fsp3) is 0.538. The molecule has 15 heavy (non-hydrogen) atoms. The van der Waals surface area contributed by atoms with Crippen LogP contribution in [0.2, 0.25) is 0 Å². The lowest BCUT2D eigenvalue weighted by Gasteiger charge is -2.11. The van der Waals surface area contributed by atoms with Crippen LogP contribution in [-0.4, -0.2) is 18.3 Å². The summed E-state index contributed by atoms with van der Waals surface area (Å²) in [6.45, 7) is 7.04. The van der Waals surface area contributed by atoms with Crippen LogP contribution in [0.5, 0.6) is 5.75 Å². The van der Waals surface area contributed by atoms with E-state index in [2.05, 4.69) is 26.0 Å². The van der Waals surface area contributed by atoms with Gasteiger partial charge in [-0.1, -0.05) is 32.9 Å². The smallest absolute Gasteiger partial charge is 0.119 e. The zero-order valence-corrected chi connectivity index (χ0v) is 9.73. The van der Waals surface area contributed by atoms with E-state index in [1.54, 1.807) is 0 Å². The van der Waals surface area contributed by atoms with Gasteiger partial charge >= 0.3 is 0 Å². The first-order valence-corrected chi connectivity index (χ1v) is 5.47. The molecule has 1 aromatic rings. The van der Waals surface area contributed by atoms with Gasteiger partial charge in [-0.15, -0.1) is 0 Å². The van der Waals surface area contributed by atoms with Gasteiger partial charge in [0.15, 0.2) is 0 Å². The van der Waals surface area contributed by atoms with Crippen LogP contribution in [0.1, 0.15) is 32.3 Å². The minimum Gasteiger partial charge on any atom is -0.493 e. The Bertz CT molecular complexity index is 277. The highest BCUT2D eigenvalue weighted by molar-refractivity contribution is 5.28. The Labute approximate surface area is 91.9 Å². The molecular weight excluding hydrogens is 188 g/mol. The van der Waals surface area contributed by atoms with Gasteiger partial charge in [0.1, 0.15) is 5.75 Å². The number of benzene rings is 1. The topological polar surface area (TPSA) is 29.5 Å². The molecule has 0 heterocycles. The van der Waals surface area contributed by atoms with Gasteiger partial charge in [0.25, 0.3) is 0 Å². The maximum absolute atomic E-state index is 8.85. The van der Waals surface area contributed by atoms with E-state index in [4.69, 9.17) is 9.84 Å². The fourth-order valence-electron chi connectivity index (χ4n) is 1.24. The van der Waals surface area contributed by atoms with Gasteiger partial charge in [-0.3, -0.25) is 0 Å². The maximum atomic E-state index is 8.85. The molecule has 1 aromatic carbocycles. The molecule has 0 fully saturated rings. The van der Waals surface area contributed by atoms with Gasteiger partial charge in [-0.2, -0.15) is 0 Å². The normalized spacial score (nSPS) is 12.9. The van der Waals surface area contributed by atoms with Crippen molar-refractivity contribution in [1.29, 1.82) is 0 Å². The summed E-state index contributed by atoms with van der Waals surface area (Å²) in [7, 11) is 0. The summed E-state index contributed by atoms with van der Waals surface area (Å²) < 4.78 is 5.53. The zero-order valence-electron chi connectivity index (χ0n) is 9.73. The van der Waals surface area contributed by atoms with Crippen molar-refractivity contribution >= 4 is 0 Å². The Morgan fingerprint density at radius 2 is 1.73 bits per heavy atom. The summed E-state index contributed by atoms with van der Waals surface area (Å²) in [5.41, 5.74) is 1.32. The molecule has 1 rings (SSSR count). The summed E-state index contributed by atoms with van der Waals surface area (Å²) in [4.78, 5) is 0. The van der Waals surface area contributed by atoms with Crippen LogP contribution in [0.3, 0.4) is 0 Å². The van der Waals surface area contributed by atoms with Crippen molar-refractivity contribution in [2.75, 3.05) is 13.2 Å². The standard InChI is InChI=1S/C13H20O2/c1-10(2)12-4-6-13(7-5-12)15-9-11(3)8-14/h4-7,10-11,14H,8-9H2,1-3H3. The molecule has 0 amide bonds. The molecule has 1 atom stereocenters. The van der Waals surface area contributed by atoms with Gasteiger partial charge in [-0.25, -0.2) is 0 Å². The molecule has 0 aliphatic carbocycles. The lowest BCUT2D eigenvalue weighted by atomic mass is 10.0. The van der Waals surface area contributed by atoms with Crippen LogP contribution in [0.25, 0.3) is 0 Å². The molecular formula is C13H20O2. The van der Waals surface area contributed by atoms with E-state index in [0.717, 1.165) is 5.75 Å². The van der Waals surface area contributed by atoms with Crippen molar-refractivity contribution in [2.24, 2.45) is 5.92 Å². The van der Waals surface area contributed by atoms with E-state index in [1.165, 1.54) is 5.56 Å². The number of hydrogen-bond donors (Lipinski definition) is 1. The first-order chi connectivity index (χ1) is 7.13. The van der Waals surface area contributed by atoms with Gasteiger partial charge in [0.2, 0.25) is 0 Å². The molecule has 0 aliphatic rings. The van der Waals surface area contributed by atoms with E-state index in [0.29, 0.717) is 12.5 Å². The molecule has 0 aliphatic heterocycles. The summed E-state index contributed by atoms with van der Waals surface area (Å²) in [5, 5.41) is 8.85. The molecule has 0 saturated heterocycles. The third-order valence-electron chi connectivity index (χ3n) is 2.39. The zero-order chi connectivity index (χ0) is 11.3. The van der Waals surface area contributed by atoms with Crippen LogP contribution in [0.4, 0.5) is 0 Å². The molecule has 0 aromatic heterocycles. The summed E-state index contributed by atoms with van der Waals surface area (Å²) in [6.07, 6.45) is 0. The highest BCUT2D eigenvalue weighted by Gasteiger charge is 2.02. The quantitative estimate of drug-likeness (QED) is 0.806. The monoisotopic (exact) mass is 208 g/mol. The minimum atomic E-state index is 0.171. The third-order valence-corrected chi connectivity index (χ3v) is 2.39. The van der Waals surface area contributed by atoms with Crippen LogP contribution >= 0.6 is 0 Å². The Kier molecular flexibility index (Phi) is 4.63. The number of hydrogen-bond acceptors (Lipinski definition) is 2. The average molecular weight is 208 g/mol. The summed E-state index contributed by atoms with van der Waals surface area (Å²) in [6, 6.07) is 8.14. The van der Waals surface area contributed by atoms with E-state index in [-0.39, 0.29) is 12.5 Å². The highest BCUT2D eigenvalue weighted by atomic mass is 16.5. The molecule has 0 radical (unpaired) electrons. The van der Waals surface area contributed by atoms with Crippen molar-refractivity contribution in [3.63, 3.8) is 0 Å². The molecule has 1 unspecified atom stereocenters. The second-order valence-electron chi connectivity index (χ2n) is 4.32. The predicted octanol–water partition coefficient (Wildman–Crippen LogP) is 2.82. The van der Waals surface area contributed by atoms with Crippen molar-refractivity contribution in [3.05, 3.63) is 29.8 Å². The minimum absolute atomic E-state index is 0.171. The van der Waals surface area contributed by atoms with Crippen molar-refractivity contribution < 1.29 is 9.84 Å². The average Bonchev–Trinajstić information content (AvgIpc) is 2.26. The van der Waals surface area contributed by atoms with Crippen LogP contribution in [0.15, 0.2) is 24.3 Å². The lowest BCUT2D eigenvalue weighted by molar-refractivity contribution is 0.174. The summed E-state index contributed by atoms with van der Waals surface area (Å²) in [5.74, 6) is 1.62. The fourth-order valence-corrected chi connectivity index (χ4v) is 1.24. The number of rotatable bonds is 5. The van der Waals surface area contributed by atoms with Gasteiger partial charge in [0.05, 0.1) is 6.61 Å². The maximum Gasteiger partial charge on any atom is 0.119 e. The van der Waals surface area contributed by atoms with E-state index in [9.17, 15) is 0 Å². The van der Waals surface area contributed by atoms with E-state index >= 15 is 0 Å². The Balaban J connectivity index is 2.50. The highest BCUT2D eigenvalue weighted by Crippen LogP contribution is 2.18. The molecule has 2 heteroatoms. The SMILES string of the molecule is CC(CO)COc1ccc(C(C)C)cc1. The van der Waals surface area contributed by atoms with Gasteiger partial charge in [0, 0.05) is 12.5 Å². The largest absolute Gasteiger partial charge is 0.493 e. The summed E-state index contributed by atoms with van der Waals surface area (Å²) >= 11 is 0. The molecule has 0 spiro atoms. The molecule has 84 valence electrons. The van der Waals surface area contributed by atoms with Crippen molar-refractivity contribution in [3.8, 4) is 5.75 Å². The van der Waals surface area contributed by atoms with Crippen LogP contribution in [-0.2, 0) is 0 Å². The first kappa shape index (κ1) is 12.1. The van der Waals surface area contributed by atoms with Gasteiger partial charge in [-0.05, 0) is 23.6 Å². The van der Waals surface area contributed by atoms with E-state index in [1.807, 2.05) is 19.1 Å². The second-order valence-corrected chi connectivity index (χ2v) is 4.32. The Morgan fingerprint density at radius 1 is 1.13 bits per heavy atom. The third kappa shape index (κ3) is 3.92. The number of aliphatic hydroxyl groups is 1. The molecule has 0 saturated carbocycles. The first-order valence-electron chi connectivity index (χ1n) is 5.47. The Morgan fingerprint density at radius 3 is 2.20 bits per heavy atom. The van der Waals surface area contributed by atoms with Crippen molar-refractivity contribution in [1.82, 2.24) is 0 Å².